The van der Waals surface area contributed by atoms with Crippen molar-refractivity contribution in [1.29, 1.82) is 0 Å². The van der Waals surface area contributed by atoms with Crippen LogP contribution in [-0.2, 0) is 28.0 Å². The van der Waals surface area contributed by atoms with E-state index in [-0.39, 0.29) is 17.3 Å². The largest absolute Gasteiger partial charge is 0.469 e. The van der Waals surface area contributed by atoms with Gasteiger partial charge in [0.25, 0.3) is 0 Å². The molecule has 2 aliphatic carbocycles. The van der Waals surface area contributed by atoms with Crippen molar-refractivity contribution in [3.05, 3.63) is 71.5 Å². The number of fused-ring (bicyclic) bond motifs is 8. The van der Waals surface area contributed by atoms with Crippen molar-refractivity contribution >= 4 is 16.9 Å². The van der Waals surface area contributed by atoms with Gasteiger partial charge in [0.1, 0.15) is 0 Å². The molecule has 2 heterocycles. The van der Waals surface area contributed by atoms with Gasteiger partial charge in [0, 0.05) is 40.5 Å². The molecule has 0 saturated heterocycles. The molecule has 1 fully saturated rings. The van der Waals surface area contributed by atoms with E-state index >= 15 is 0 Å². The van der Waals surface area contributed by atoms with Crippen LogP contribution in [-0.4, -0.2) is 32.6 Å². The predicted molar refractivity (Wildman–Crippen MR) is 146 cm³/mol. The van der Waals surface area contributed by atoms with Crippen molar-refractivity contribution in [3.63, 3.8) is 0 Å². The van der Waals surface area contributed by atoms with Crippen molar-refractivity contribution in [3.8, 4) is 11.3 Å². The summed E-state index contributed by atoms with van der Waals surface area (Å²) in [4.78, 5) is 13.5. The molecule has 1 saturated carbocycles. The maximum atomic E-state index is 13.5. The lowest BCUT2D eigenvalue weighted by Gasteiger charge is -2.54. The number of rotatable bonds is 5. The zero-order valence-corrected chi connectivity index (χ0v) is 22.5. The molecule has 0 amide bonds. The minimum atomic E-state index is -0.605. The second-order valence-corrected chi connectivity index (χ2v) is 11.7. The zero-order chi connectivity index (χ0) is 25.9. The van der Waals surface area contributed by atoms with Crippen molar-refractivity contribution in [2.45, 2.75) is 77.3 Å². The highest BCUT2D eigenvalue weighted by Crippen LogP contribution is 2.65. The summed E-state index contributed by atoms with van der Waals surface area (Å²) in [6.07, 6.45) is 6.52. The molecule has 0 bridgehead atoms. The summed E-state index contributed by atoms with van der Waals surface area (Å²) in [6.45, 7) is 10.5. The van der Waals surface area contributed by atoms with Crippen LogP contribution in [0.1, 0.15) is 75.5 Å². The number of ether oxygens (including phenoxy) is 1. The smallest absolute Gasteiger partial charge is 0.312 e. The number of esters is 1. The van der Waals surface area contributed by atoms with E-state index in [1.165, 1.54) is 46.0 Å². The van der Waals surface area contributed by atoms with Crippen LogP contribution in [0, 0.1) is 5.41 Å². The van der Waals surface area contributed by atoms with Gasteiger partial charge in [-0.25, -0.2) is 0 Å². The van der Waals surface area contributed by atoms with Gasteiger partial charge >= 0.3 is 5.97 Å². The van der Waals surface area contributed by atoms with Crippen molar-refractivity contribution in [1.82, 2.24) is 19.6 Å². The Morgan fingerprint density at radius 1 is 1.14 bits per heavy atom. The number of hydrogen-bond donors (Lipinski definition) is 0. The Kier molecular flexibility index (Phi) is 5.55. The standard InChI is InChI=1S/C31H36N4O2/c1-20(2)21-11-12-24-23(19-21)27-26(28-30(24,3)13-8-14-31(28,4)29(36)37-5)22-9-6-7-10-25(22)35(27)18-17-34-16-15-32-33-34/h6-7,9-12,15-16,19-20,28H,8,13-14,17-18H2,1-5H3/t28?,30-,31-/m1/s1. The van der Waals surface area contributed by atoms with Gasteiger partial charge in [-0.1, -0.05) is 62.7 Å². The molecule has 6 heteroatoms. The molecule has 2 aromatic heterocycles. The third-order valence-corrected chi connectivity index (χ3v) is 9.22. The highest BCUT2D eigenvalue weighted by atomic mass is 16.5. The Bertz CT molecular complexity index is 1480. The molecule has 192 valence electrons. The van der Waals surface area contributed by atoms with Gasteiger partial charge in [-0.15, -0.1) is 5.10 Å². The molecule has 6 nitrogen and oxygen atoms in total. The SMILES string of the molecule is COC(=O)[C@]1(C)CCC[C@]2(C)c3ccc(C(C)C)cc3-c3c(c4ccccc4n3CCn3ccnn3)C12. The van der Waals surface area contributed by atoms with Gasteiger partial charge < -0.3 is 9.30 Å². The van der Waals surface area contributed by atoms with Gasteiger partial charge in [0.15, 0.2) is 0 Å². The molecule has 0 N–H and O–H groups in total. The summed E-state index contributed by atoms with van der Waals surface area (Å²) in [6, 6.07) is 15.8. The number of benzene rings is 2. The second-order valence-electron chi connectivity index (χ2n) is 11.7. The molecule has 37 heavy (non-hydrogen) atoms. The first-order valence-electron chi connectivity index (χ1n) is 13.5. The first-order chi connectivity index (χ1) is 17.8. The lowest BCUT2D eigenvalue weighted by atomic mass is 9.49. The number of carbonyl (C=O) groups is 1. The van der Waals surface area contributed by atoms with E-state index in [4.69, 9.17) is 4.74 Å². The van der Waals surface area contributed by atoms with Crippen LogP contribution < -0.4 is 0 Å². The number of aromatic nitrogens is 4. The summed E-state index contributed by atoms with van der Waals surface area (Å²) in [7, 11) is 1.54. The van der Waals surface area contributed by atoms with Crippen LogP contribution in [0.2, 0.25) is 0 Å². The Morgan fingerprint density at radius 3 is 2.68 bits per heavy atom. The topological polar surface area (TPSA) is 61.9 Å². The van der Waals surface area contributed by atoms with Gasteiger partial charge in [-0.3, -0.25) is 9.48 Å². The summed E-state index contributed by atoms with van der Waals surface area (Å²) in [5, 5.41) is 9.46. The van der Waals surface area contributed by atoms with Crippen LogP contribution in [0.15, 0.2) is 54.9 Å². The first-order valence-corrected chi connectivity index (χ1v) is 13.5. The predicted octanol–water partition coefficient (Wildman–Crippen LogP) is 6.44. The zero-order valence-electron chi connectivity index (χ0n) is 22.5. The highest BCUT2D eigenvalue weighted by molar-refractivity contribution is 5.96. The van der Waals surface area contributed by atoms with Gasteiger partial charge in [0.05, 0.1) is 31.0 Å². The third-order valence-electron chi connectivity index (χ3n) is 9.22. The van der Waals surface area contributed by atoms with E-state index in [1.54, 1.807) is 6.20 Å². The summed E-state index contributed by atoms with van der Waals surface area (Å²) < 4.78 is 9.84. The molecule has 2 aliphatic rings. The molecule has 0 radical (unpaired) electrons. The van der Waals surface area contributed by atoms with E-state index in [2.05, 4.69) is 85.0 Å². The van der Waals surface area contributed by atoms with Crippen molar-refractivity contribution in [2.24, 2.45) is 5.41 Å². The molecular weight excluding hydrogens is 460 g/mol. The average molecular weight is 497 g/mol. The van der Waals surface area contributed by atoms with Crippen LogP contribution in [0.3, 0.4) is 0 Å². The Balaban J connectivity index is 1.69. The van der Waals surface area contributed by atoms with Crippen LogP contribution in [0.25, 0.3) is 22.2 Å². The summed E-state index contributed by atoms with van der Waals surface area (Å²) >= 11 is 0. The minimum absolute atomic E-state index is 0.0196. The van der Waals surface area contributed by atoms with Crippen LogP contribution in [0.4, 0.5) is 0 Å². The normalized spacial score (nSPS) is 24.5. The third kappa shape index (κ3) is 3.41. The van der Waals surface area contributed by atoms with E-state index in [0.717, 1.165) is 32.4 Å². The number of aryl methyl sites for hydroxylation is 2. The van der Waals surface area contributed by atoms with Crippen molar-refractivity contribution < 1.29 is 9.53 Å². The molecule has 1 unspecified atom stereocenters. The molecule has 4 aromatic rings. The Labute approximate surface area is 218 Å². The molecular formula is C31H36N4O2. The maximum absolute atomic E-state index is 13.5. The summed E-state index contributed by atoms with van der Waals surface area (Å²) in [5.41, 5.74) is 6.99. The number of para-hydroxylation sites is 1. The van der Waals surface area contributed by atoms with E-state index in [0.29, 0.717) is 5.92 Å². The monoisotopic (exact) mass is 496 g/mol. The quantitative estimate of drug-likeness (QED) is 0.298. The lowest BCUT2D eigenvalue weighted by molar-refractivity contribution is -0.157. The van der Waals surface area contributed by atoms with Gasteiger partial charge in [0.2, 0.25) is 0 Å². The van der Waals surface area contributed by atoms with Gasteiger partial charge in [-0.2, -0.15) is 0 Å². The molecule has 6 rings (SSSR count). The number of nitrogens with zero attached hydrogens (tertiary/aromatic N) is 4. The van der Waals surface area contributed by atoms with Gasteiger partial charge in [-0.05, 0) is 54.5 Å². The van der Waals surface area contributed by atoms with Crippen molar-refractivity contribution in [2.75, 3.05) is 7.11 Å². The van der Waals surface area contributed by atoms with Crippen LogP contribution >= 0.6 is 0 Å². The van der Waals surface area contributed by atoms with Crippen LogP contribution in [0.5, 0.6) is 0 Å². The second kappa shape index (κ2) is 8.57. The Hall–Kier alpha value is -3.41. The van der Waals surface area contributed by atoms with E-state index < -0.39 is 5.41 Å². The molecule has 0 aliphatic heterocycles. The molecule has 3 atom stereocenters. The molecule has 2 aromatic carbocycles. The fourth-order valence-electron chi connectivity index (χ4n) is 7.51. The molecule has 0 spiro atoms. The minimum Gasteiger partial charge on any atom is -0.469 e. The summed E-state index contributed by atoms with van der Waals surface area (Å²) in [5.74, 6) is 0.348. The fraction of sp³-hybridized carbons (Fsp3) is 0.452. The number of carbonyl (C=O) groups excluding carboxylic acids is 1. The highest BCUT2D eigenvalue weighted by Gasteiger charge is 2.58. The van der Waals surface area contributed by atoms with E-state index in [1.807, 2.05) is 10.9 Å². The first kappa shape index (κ1) is 24.0. The fourth-order valence-corrected chi connectivity index (χ4v) is 7.51. The number of methoxy groups -OCH3 is 1. The lowest BCUT2D eigenvalue weighted by Crippen LogP contribution is -2.50. The number of hydrogen-bond acceptors (Lipinski definition) is 4. The van der Waals surface area contributed by atoms with E-state index in [9.17, 15) is 4.79 Å². The Morgan fingerprint density at radius 2 is 1.95 bits per heavy atom. The maximum Gasteiger partial charge on any atom is 0.312 e. The average Bonchev–Trinajstić information content (AvgIpc) is 3.53.